The van der Waals surface area contributed by atoms with Crippen molar-refractivity contribution in [3.05, 3.63) is 12.2 Å². The summed E-state index contributed by atoms with van der Waals surface area (Å²) in [6, 6.07) is 0. The second kappa shape index (κ2) is 6.25. The molecule has 1 saturated heterocycles. The number of fused-ring (bicyclic) bond motifs is 4. The molecule has 6 unspecified atom stereocenters. The highest BCUT2D eigenvalue weighted by Gasteiger charge is 2.60. The number of hydrogen-bond donors (Lipinski definition) is 0. The summed E-state index contributed by atoms with van der Waals surface area (Å²) >= 11 is 0. The van der Waals surface area contributed by atoms with Crippen molar-refractivity contribution in [3.8, 4) is 0 Å². The fourth-order valence-corrected chi connectivity index (χ4v) is 6.24. The van der Waals surface area contributed by atoms with Gasteiger partial charge in [-0.2, -0.15) is 0 Å². The van der Waals surface area contributed by atoms with Crippen LogP contribution in [0.3, 0.4) is 0 Å². The molecule has 4 heteroatoms. The maximum absolute atomic E-state index is 12.8. The van der Waals surface area contributed by atoms with Gasteiger partial charge in [0.2, 0.25) is 0 Å². The third-order valence-electron chi connectivity index (χ3n) is 8.50. The molecule has 0 amide bonds. The summed E-state index contributed by atoms with van der Waals surface area (Å²) in [6.45, 7) is 13.4. The van der Waals surface area contributed by atoms with E-state index in [1.54, 1.807) is 0 Å². The molecule has 0 N–H and O–H groups in total. The molecule has 2 bridgehead atoms. The minimum absolute atomic E-state index is 0.0603. The van der Waals surface area contributed by atoms with Crippen molar-refractivity contribution >= 4 is 12.1 Å². The Morgan fingerprint density at radius 3 is 2.67 bits per heavy atom. The molecular weight excluding hydrogens is 340 g/mol. The molecule has 4 rings (SSSR count). The molecule has 0 aromatic rings. The van der Waals surface area contributed by atoms with Gasteiger partial charge in [0.15, 0.2) is 5.78 Å². The standard InChI is InChI=1S/C23H34O4/c1-14-17(25)11-15-10-16-12-22(16,4)7-6-19-23(5,27-19)13-18(26-9-8-24)20(14)21(15,2)3/h8,15-16,18-20H,1,6-7,9-13H2,2-5H3/t15?,16?,18-,19?,20?,22?,23?/m0/s1. The minimum Gasteiger partial charge on any atom is -0.370 e. The Kier molecular flexibility index (Phi) is 4.47. The molecule has 1 aliphatic heterocycles. The van der Waals surface area contributed by atoms with Crippen LogP contribution >= 0.6 is 0 Å². The van der Waals surface area contributed by atoms with Crippen molar-refractivity contribution in [1.29, 1.82) is 0 Å². The van der Waals surface area contributed by atoms with Gasteiger partial charge in [-0.25, -0.2) is 0 Å². The fourth-order valence-electron chi connectivity index (χ4n) is 6.24. The SMILES string of the molecule is C=C1C(=O)CC2CC3CC3(C)CCC3OC3(C)C[C@H](OCC=O)C1C2(C)C. The third-order valence-corrected chi connectivity index (χ3v) is 8.50. The molecule has 27 heavy (non-hydrogen) atoms. The van der Waals surface area contributed by atoms with Gasteiger partial charge in [-0.15, -0.1) is 0 Å². The van der Waals surface area contributed by atoms with Gasteiger partial charge in [0, 0.05) is 18.8 Å². The summed E-state index contributed by atoms with van der Waals surface area (Å²) < 4.78 is 12.2. The van der Waals surface area contributed by atoms with Crippen LogP contribution in [0.2, 0.25) is 0 Å². The van der Waals surface area contributed by atoms with Crippen molar-refractivity contribution in [1.82, 2.24) is 0 Å². The lowest BCUT2D eigenvalue weighted by molar-refractivity contribution is -0.129. The Hall–Kier alpha value is -1.00. The number of hydrogen-bond acceptors (Lipinski definition) is 4. The summed E-state index contributed by atoms with van der Waals surface area (Å²) in [5.74, 6) is 1.18. The van der Waals surface area contributed by atoms with E-state index >= 15 is 0 Å². The maximum atomic E-state index is 12.8. The lowest BCUT2D eigenvalue weighted by atomic mass is 9.56. The molecule has 0 aromatic heterocycles. The molecule has 7 atom stereocenters. The van der Waals surface area contributed by atoms with E-state index in [1.807, 2.05) is 0 Å². The number of ketones is 1. The topological polar surface area (TPSA) is 55.9 Å². The van der Waals surface area contributed by atoms with Crippen LogP contribution < -0.4 is 0 Å². The zero-order valence-corrected chi connectivity index (χ0v) is 17.3. The lowest BCUT2D eigenvalue weighted by Crippen LogP contribution is -2.49. The van der Waals surface area contributed by atoms with Gasteiger partial charge in [0.1, 0.15) is 12.9 Å². The van der Waals surface area contributed by atoms with Gasteiger partial charge in [-0.05, 0) is 60.8 Å². The van der Waals surface area contributed by atoms with E-state index < -0.39 is 0 Å². The number of Topliss-reactive ketones (excluding diaryl/α,β-unsaturated/α-hetero) is 1. The van der Waals surface area contributed by atoms with Gasteiger partial charge in [-0.1, -0.05) is 27.4 Å². The van der Waals surface area contributed by atoms with Crippen molar-refractivity contribution in [2.45, 2.75) is 84.0 Å². The Morgan fingerprint density at radius 1 is 1.22 bits per heavy atom. The zero-order valence-electron chi connectivity index (χ0n) is 17.3. The van der Waals surface area contributed by atoms with Gasteiger partial charge < -0.3 is 14.3 Å². The van der Waals surface area contributed by atoms with E-state index in [9.17, 15) is 9.59 Å². The Labute approximate surface area is 163 Å². The number of epoxide rings is 1. The lowest BCUT2D eigenvalue weighted by Gasteiger charge is -2.49. The summed E-state index contributed by atoms with van der Waals surface area (Å²) in [4.78, 5) is 23.9. The first-order valence-corrected chi connectivity index (χ1v) is 10.6. The second-order valence-electron chi connectivity index (χ2n) is 10.6. The van der Waals surface area contributed by atoms with Crippen LogP contribution in [0.4, 0.5) is 0 Å². The van der Waals surface area contributed by atoms with E-state index in [2.05, 4.69) is 34.3 Å². The van der Waals surface area contributed by atoms with Crippen LogP contribution in [0.5, 0.6) is 0 Å². The van der Waals surface area contributed by atoms with Crippen LogP contribution in [0.1, 0.15) is 66.2 Å². The molecule has 0 radical (unpaired) electrons. The molecule has 4 nitrogen and oxygen atoms in total. The fraction of sp³-hybridized carbons (Fsp3) is 0.826. The van der Waals surface area contributed by atoms with Gasteiger partial charge in [0.05, 0.1) is 17.8 Å². The summed E-state index contributed by atoms with van der Waals surface area (Å²) in [5.41, 5.74) is 0.813. The number of rotatable bonds is 3. The maximum Gasteiger partial charge on any atom is 0.158 e. The predicted octanol–water partition coefficient (Wildman–Crippen LogP) is 4.12. The van der Waals surface area contributed by atoms with E-state index in [1.165, 1.54) is 12.8 Å². The van der Waals surface area contributed by atoms with Crippen molar-refractivity contribution in [2.75, 3.05) is 6.61 Å². The molecule has 3 saturated carbocycles. The molecule has 4 fully saturated rings. The number of carbonyl (C=O) groups is 2. The van der Waals surface area contributed by atoms with Crippen LogP contribution in [0, 0.1) is 28.6 Å². The molecule has 0 aromatic carbocycles. The van der Waals surface area contributed by atoms with Crippen LogP contribution in [0.25, 0.3) is 0 Å². The number of carbonyl (C=O) groups excluding carboxylic acids is 2. The average Bonchev–Trinajstić information content (AvgIpc) is 3.43. The normalized spacial score (nSPS) is 48.5. The highest BCUT2D eigenvalue weighted by Crippen LogP contribution is 2.63. The molecule has 150 valence electrons. The first kappa shape index (κ1) is 19.3. The van der Waals surface area contributed by atoms with E-state index in [-0.39, 0.29) is 41.5 Å². The second-order valence-corrected chi connectivity index (χ2v) is 10.6. The summed E-state index contributed by atoms with van der Waals surface area (Å²) in [5, 5.41) is 0. The van der Waals surface area contributed by atoms with Crippen LogP contribution in [-0.2, 0) is 19.1 Å². The van der Waals surface area contributed by atoms with E-state index in [0.717, 1.165) is 25.5 Å². The van der Waals surface area contributed by atoms with Crippen molar-refractivity contribution in [3.63, 3.8) is 0 Å². The Balaban J connectivity index is 1.70. The van der Waals surface area contributed by atoms with Crippen molar-refractivity contribution < 1.29 is 19.1 Å². The molecule has 0 spiro atoms. The molecule has 1 heterocycles. The molecule has 4 aliphatic rings. The summed E-state index contributed by atoms with van der Waals surface area (Å²) in [7, 11) is 0. The van der Waals surface area contributed by atoms with E-state index in [0.29, 0.717) is 29.2 Å². The van der Waals surface area contributed by atoms with Gasteiger partial charge >= 0.3 is 0 Å². The van der Waals surface area contributed by atoms with Gasteiger partial charge in [-0.3, -0.25) is 4.79 Å². The monoisotopic (exact) mass is 374 g/mol. The smallest absolute Gasteiger partial charge is 0.158 e. The zero-order chi connectivity index (χ0) is 19.6. The predicted molar refractivity (Wildman–Crippen MR) is 103 cm³/mol. The highest BCUT2D eigenvalue weighted by molar-refractivity contribution is 5.96. The first-order valence-electron chi connectivity index (χ1n) is 10.6. The van der Waals surface area contributed by atoms with Crippen LogP contribution in [-0.4, -0.2) is 36.5 Å². The van der Waals surface area contributed by atoms with Crippen LogP contribution in [0.15, 0.2) is 12.2 Å². The number of ether oxygens (including phenoxy) is 2. The average molecular weight is 375 g/mol. The number of aldehydes is 1. The molecular formula is C23H34O4. The Bertz CT molecular complexity index is 667. The highest BCUT2D eigenvalue weighted by atomic mass is 16.6. The van der Waals surface area contributed by atoms with Gasteiger partial charge in [0.25, 0.3) is 0 Å². The van der Waals surface area contributed by atoms with E-state index in [4.69, 9.17) is 9.47 Å². The summed E-state index contributed by atoms with van der Waals surface area (Å²) in [6.07, 6.45) is 6.88. The minimum atomic E-state index is -0.208. The molecule has 3 aliphatic carbocycles. The third kappa shape index (κ3) is 3.23. The first-order chi connectivity index (χ1) is 12.6. The largest absolute Gasteiger partial charge is 0.370 e. The Morgan fingerprint density at radius 2 is 1.96 bits per heavy atom. The van der Waals surface area contributed by atoms with Crippen molar-refractivity contribution in [2.24, 2.45) is 28.6 Å². The quantitative estimate of drug-likeness (QED) is 0.424.